The number of amides is 1. The van der Waals surface area contributed by atoms with Gasteiger partial charge in [-0.1, -0.05) is 30.5 Å². The number of hydrogen-bond acceptors (Lipinski definition) is 3. The van der Waals surface area contributed by atoms with Crippen molar-refractivity contribution in [2.45, 2.75) is 51.9 Å². The molecule has 4 nitrogen and oxygen atoms in total. The number of carbonyl (C=O) groups is 1. The van der Waals surface area contributed by atoms with Crippen LogP contribution in [0.15, 0.2) is 24.3 Å². The monoisotopic (exact) mass is 332 g/mol. The SMILES string of the molecule is Cc1ccc(OCCCC(=O)NCCCN2CCCCCC2)cc1. The first-order valence-corrected chi connectivity index (χ1v) is 9.42. The van der Waals surface area contributed by atoms with Gasteiger partial charge in [0.2, 0.25) is 5.91 Å². The summed E-state index contributed by atoms with van der Waals surface area (Å²) in [7, 11) is 0. The van der Waals surface area contributed by atoms with Crippen molar-refractivity contribution in [3.63, 3.8) is 0 Å². The molecule has 0 spiro atoms. The summed E-state index contributed by atoms with van der Waals surface area (Å²) >= 11 is 0. The Labute approximate surface area is 146 Å². The second-order valence-electron chi connectivity index (χ2n) is 6.72. The number of carbonyl (C=O) groups excluding carboxylic acids is 1. The third-order valence-corrected chi connectivity index (χ3v) is 4.51. The first-order valence-electron chi connectivity index (χ1n) is 9.42. The molecule has 1 N–H and O–H groups in total. The summed E-state index contributed by atoms with van der Waals surface area (Å²) in [6.45, 7) is 6.99. The van der Waals surface area contributed by atoms with E-state index in [1.807, 2.05) is 24.3 Å². The smallest absolute Gasteiger partial charge is 0.220 e. The number of rotatable bonds is 9. The lowest BCUT2D eigenvalue weighted by Gasteiger charge is -2.19. The van der Waals surface area contributed by atoms with Gasteiger partial charge in [-0.2, -0.15) is 0 Å². The third-order valence-electron chi connectivity index (χ3n) is 4.51. The standard InChI is InChI=1S/C20H32N2O2/c1-18-9-11-19(12-10-18)24-17-6-8-20(23)21-13-7-16-22-14-4-2-3-5-15-22/h9-12H,2-8,13-17H2,1H3,(H,21,23). The van der Waals surface area contributed by atoms with E-state index in [4.69, 9.17) is 4.74 Å². The lowest BCUT2D eigenvalue weighted by Crippen LogP contribution is -2.30. The molecule has 1 fully saturated rings. The summed E-state index contributed by atoms with van der Waals surface area (Å²) in [5.41, 5.74) is 1.22. The topological polar surface area (TPSA) is 41.6 Å². The van der Waals surface area contributed by atoms with Gasteiger partial charge in [0.15, 0.2) is 0 Å². The fraction of sp³-hybridized carbons (Fsp3) is 0.650. The lowest BCUT2D eigenvalue weighted by molar-refractivity contribution is -0.121. The number of benzene rings is 1. The van der Waals surface area contributed by atoms with Gasteiger partial charge in [0.25, 0.3) is 0 Å². The first kappa shape index (κ1) is 18.8. The highest BCUT2D eigenvalue weighted by atomic mass is 16.5. The number of nitrogens with one attached hydrogen (secondary N) is 1. The second kappa shape index (κ2) is 11.1. The van der Waals surface area contributed by atoms with Crippen molar-refractivity contribution in [3.05, 3.63) is 29.8 Å². The van der Waals surface area contributed by atoms with Crippen molar-refractivity contribution >= 4 is 5.91 Å². The van der Waals surface area contributed by atoms with Gasteiger partial charge in [0.1, 0.15) is 5.75 Å². The quantitative estimate of drug-likeness (QED) is 0.703. The zero-order valence-corrected chi connectivity index (χ0v) is 15.1. The molecular formula is C20H32N2O2. The zero-order chi connectivity index (χ0) is 17.0. The molecule has 0 aromatic heterocycles. The van der Waals surface area contributed by atoms with Crippen molar-refractivity contribution in [3.8, 4) is 5.75 Å². The van der Waals surface area contributed by atoms with Crippen LogP contribution < -0.4 is 10.1 Å². The highest BCUT2D eigenvalue weighted by molar-refractivity contribution is 5.75. The maximum Gasteiger partial charge on any atom is 0.220 e. The van der Waals surface area contributed by atoms with Crippen molar-refractivity contribution < 1.29 is 9.53 Å². The summed E-state index contributed by atoms with van der Waals surface area (Å²) in [6, 6.07) is 8.01. The van der Waals surface area contributed by atoms with E-state index in [0.29, 0.717) is 13.0 Å². The fourth-order valence-corrected chi connectivity index (χ4v) is 3.04. The van der Waals surface area contributed by atoms with Crippen molar-refractivity contribution in [2.75, 3.05) is 32.8 Å². The third kappa shape index (κ3) is 7.82. The molecule has 1 aliphatic rings. The number of aryl methyl sites for hydroxylation is 1. The van der Waals surface area contributed by atoms with Crippen LogP contribution in [-0.2, 0) is 4.79 Å². The Kier molecular flexibility index (Phi) is 8.67. The average molecular weight is 332 g/mol. The Bertz CT molecular complexity index is 465. The molecule has 2 rings (SSSR count). The molecule has 1 aromatic carbocycles. The molecule has 24 heavy (non-hydrogen) atoms. The van der Waals surface area contributed by atoms with Crippen molar-refractivity contribution in [1.82, 2.24) is 10.2 Å². The van der Waals surface area contributed by atoms with E-state index >= 15 is 0 Å². The maximum atomic E-state index is 11.8. The van der Waals surface area contributed by atoms with E-state index in [-0.39, 0.29) is 5.91 Å². The molecular weight excluding hydrogens is 300 g/mol. The Morgan fingerprint density at radius 3 is 2.50 bits per heavy atom. The van der Waals surface area contributed by atoms with Gasteiger partial charge in [0.05, 0.1) is 6.61 Å². The number of nitrogens with zero attached hydrogens (tertiary/aromatic N) is 1. The van der Waals surface area contributed by atoms with Crippen LogP contribution in [-0.4, -0.2) is 43.6 Å². The van der Waals surface area contributed by atoms with Gasteiger partial charge in [-0.05, 0) is 64.4 Å². The molecule has 0 saturated carbocycles. The molecule has 4 heteroatoms. The lowest BCUT2D eigenvalue weighted by atomic mass is 10.2. The van der Waals surface area contributed by atoms with E-state index in [0.717, 1.165) is 31.7 Å². The molecule has 1 amide bonds. The molecule has 1 heterocycles. The fourth-order valence-electron chi connectivity index (χ4n) is 3.04. The highest BCUT2D eigenvalue weighted by Gasteiger charge is 2.08. The van der Waals surface area contributed by atoms with E-state index in [1.165, 1.54) is 44.3 Å². The van der Waals surface area contributed by atoms with E-state index in [1.54, 1.807) is 0 Å². The molecule has 0 bridgehead atoms. The molecule has 0 aliphatic carbocycles. The minimum Gasteiger partial charge on any atom is -0.494 e. The Balaban J connectivity index is 1.46. The molecule has 1 saturated heterocycles. The molecule has 1 aliphatic heterocycles. The van der Waals surface area contributed by atoms with E-state index < -0.39 is 0 Å². The highest BCUT2D eigenvalue weighted by Crippen LogP contribution is 2.12. The Hall–Kier alpha value is -1.55. The second-order valence-corrected chi connectivity index (χ2v) is 6.72. The van der Waals surface area contributed by atoms with Crippen LogP contribution in [0, 0.1) is 6.92 Å². The molecule has 0 radical (unpaired) electrons. The molecule has 0 atom stereocenters. The van der Waals surface area contributed by atoms with Gasteiger partial charge in [0, 0.05) is 13.0 Å². The molecule has 0 unspecified atom stereocenters. The van der Waals surface area contributed by atoms with Crippen LogP contribution in [0.4, 0.5) is 0 Å². The minimum absolute atomic E-state index is 0.137. The number of hydrogen-bond donors (Lipinski definition) is 1. The van der Waals surface area contributed by atoms with Gasteiger partial charge < -0.3 is 15.0 Å². The van der Waals surface area contributed by atoms with Crippen LogP contribution in [0.2, 0.25) is 0 Å². The predicted molar refractivity (Wildman–Crippen MR) is 98.4 cm³/mol. The van der Waals surface area contributed by atoms with Gasteiger partial charge >= 0.3 is 0 Å². The normalized spacial score (nSPS) is 15.7. The van der Waals surface area contributed by atoms with Gasteiger partial charge in [-0.25, -0.2) is 0 Å². The van der Waals surface area contributed by atoms with Crippen LogP contribution in [0.3, 0.4) is 0 Å². The minimum atomic E-state index is 0.137. The molecule has 134 valence electrons. The maximum absolute atomic E-state index is 11.8. The average Bonchev–Trinajstić information content (AvgIpc) is 2.86. The summed E-state index contributed by atoms with van der Waals surface area (Å²) < 4.78 is 5.64. The van der Waals surface area contributed by atoms with Crippen LogP contribution in [0.25, 0.3) is 0 Å². The zero-order valence-electron chi connectivity index (χ0n) is 15.1. The predicted octanol–water partition coefficient (Wildman–Crippen LogP) is 3.54. The Morgan fingerprint density at radius 2 is 1.79 bits per heavy atom. The van der Waals surface area contributed by atoms with Gasteiger partial charge in [-0.3, -0.25) is 4.79 Å². The summed E-state index contributed by atoms with van der Waals surface area (Å²) in [6.07, 6.45) is 7.74. The van der Waals surface area contributed by atoms with Crippen molar-refractivity contribution in [1.29, 1.82) is 0 Å². The van der Waals surface area contributed by atoms with E-state index in [2.05, 4.69) is 17.1 Å². The number of ether oxygens (including phenoxy) is 1. The Morgan fingerprint density at radius 1 is 1.08 bits per heavy atom. The largest absolute Gasteiger partial charge is 0.494 e. The summed E-state index contributed by atoms with van der Waals surface area (Å²) in [4.78, 5) is 14.4. The summed E-state index contributed by atoms with van der Waals surface area (Å²) in [5, 5.41) is 3.02. The van der Waals surface area contributed by atoms with Crippen LogP contribution in [0.5, 0.6) is 5.75 Å². The van der Waals surface area contributed by atoms with E-state index in [9.17, 15) is 4.79 Å². The van der Waals surface area contributed by atoms with Crippen LogP contribution in [0.1, 0.15) is 50.5 Å². The number of likely N-dealkylation sites (tertiary alicyclic amines) is 1. The van der Waals surface area contributed by atoms with Crippen LogP contribution >= 0.6 is 0 Å². The molecule has 1 aromatic rings. The van der Waals surface area contributed by atoms with Crippen molar-refractivity contribution in [2.24, 2.45) is 0 Å². The first-order chi connectivity index (χ1) is 11.7. The summed E-state index contributed by atoms with van der Waals surface area (Å²) in [5.74, 6) is 1.01. The van der Waals surface area contributed by atoms with Gasteiger partial charge in [-0.15, -0.1) is 0 Å².